The van der Waals surface area contributed by atoms with Gasteiger partial charge in [-0.25, -0.2) is 4.39 Å². The molecule has 1 aromatic heterocycles. The van der Waals surface area contributed by atoms with Gasteiger partial charge in [-0.15, -0.1) is 0 Å². The summed E-state index contributed by atoms with van der Waals surface area (Å²) in [5.74, 6) is 0.298. The van der Waals surface area contributed by atoms with Gasteiger partial charge >= 0.3 is 0 Å². The largest absolute Gasteiger partial charge is 0.456 e. The molecular formula is C14H12FNO3. The van der Waals surface area contributed by atoms with Crippen LogP contribution < -0.4 is 0 Å². The zero-order valence-corrected chi connectivity index (χ0v) is 10.3. The summed E-state index contributed by atoms with van der Waals surface area (Å²) in [5.41, 5.74) is 0.385. The number of furan rings is 1. The molecule has 0 aliphatic rings. The Morgan fingerprint density at radius 3 is 2.74 bits per heavy atom. The average Bonchev–Trinajstić information content (AvgIpc) is 2.84. The van der Waals surface area contributed by atoms with Gasteiger partial charge in [0.2, 0.25) is 5.70 Å². The van der Waals surface area contributed by atoms with Crippen LogP contribution in [0.4, 0.5) is 4.39 Å². The second-order valence-corrected chi connectivity index (χ2v) is 3.93. The predicted molar refractivity (Wildman–Crippen MR) is 69.4 cm³/mol. The van der Waals surface area contributed by atoms with Gasteiger partial charge in [0.05, 0.1) is 16.6 Å². The Hall–Kier alpha value is -2.43. The van der Waals surface area contributed by atoms with Gasteiger partial charge in [-0.3, -0.25) is 10.1 Å². The molecule has 0 atom stereocenters. The normalized spacial score (nSPS) is 11.6. The fraction of sp³-hybridized carbons (Fsp3) is 0.143. The van der Waals surface area contributed by atoms with Gasteiger partial charge < -0.3 is 4.42 Å². The molecule has 4 nitrogen and oxygen atoms in total. The number of hydrogen-bond acceptors (Lipinski definition) is 3. The Balaban J connectivity index is 2.35. The summed E-state index contributed by atoms with van der Waals surface area (Å²) in [6.07, 6.45) is 1.65. The van der Waals surface area contributed by atoms with E-state index in [1.165, 1.54) is 12.1 Å². The molecule has 0 aliphatic carbocycles. The van der Waals surface area contributed by atoms with Crippen molar-refractivity contribution in [2.75, 3.05) is 0 Å². The van der Waals surface area contributed by atoms with Crippen molar-refractivity contribution in [3.63, 3.8) is 0 Å². The lowest BCUT2D eigenvalue weighted by Gasteiger charge is -1.98. The first kappa shape index (κ1) is 13.0. The lowest BCUT2D eigenvalue weighted by atomic mass is 10.1. The van der Waals surface area contributed by atoms with Crippen molar-refractivity contribution >= 4 is 6.08 Å². The maximum atomic E-state index is 13.6. The van der Waals surface area contributed by atoms with Gasteiger partial charge in [-0.1, -0.05) is 19.1 Å². The van der Waals surface area contributed by atoms with Crippen molar-refractivity contribution in [3.05, 3.63) is 63.8 Å². The molecule has 0 aliphatic heterocycles. The van der Waals surface area contributed by atoms with Gasteiger partial charge in [0.15, 0.2) is 0 Å². The standard InChI is InChI=1S/C14H12FNO3/c1-2-10(16(17)18)9-11-7-8-14(19-11)12-5-3-4-6-13(12)15/h3-9H,2H2,1H3/b10-9+. The van der Waals surface area contributed by atoms with E-state index in [4.69, 9.17) is 4.42 Å². The van der Waals surface area contributed by atoms with Gasteiger partial charge in [-0.05, 0) is 24.3 Å². The Bertz CT molecular complexity index is 631. The fourth-order valence-corrected chi connectivity index (χ4v) is 1.68. The minimum atomic E-state index is -0.453. The summed E-state index contributed by atoms with van der Waals surface area (Å²) in [5, 5.41) is 10.7. The highest BCUT2D eigenvalue weighted by Gasteiger charge is 2.11. The smallest absolute Gasteiger partial charge is 0.249 e. The van der Waals surface area contributed by atoms with Crippen molar-refractivity contribution in [2.24, 2.45) is 0 Å². The van der Waals surface area contributed by atoms with Crippen LogP contribution in [-0.4, -0.2) is 4.92 Å². The first-order chi connectivity index (χ1) is 9.11. The molecule has 0 saturated carbocycles. The van der Waals surface area contributed by atoms with Gasteiger partial charge in [0, 0.05) is 6.42 Å². The molecule has 0 N–H and O–H groups in total. The summed E-state index contributed by atoms with van der Waals surface area (Å²) >= 11 is 0. The Morgan fingerprint density at radius 1 is 1.37 bits per heavy atom. The van der Waals surface area contributed by atoms with Gasteiger partial charge in [0.1, 0.15) is 17.3 Å². The summed E-state index contributed by atoms with van der Waals surface area (Å²) in [6, 6.07) is 9.39. The third-order valence-electron chi connectivity index (χ3n) is 2.67. The van der Waals surface area contributed by atoms with E-state index in [9.17, 15) is 14.5 Å². The average molecular weight is 261 g/mol. The van der Waals surface area contributed by atoms with E-state index in [1.807, 2.05) is 0 Å². The van der Waals surface area contributed by atoms with Crippen LogP contribution in [0, 0.1) is 15.9 Å². The molecule has 2 rings (SSSR count). The molecule has 1 heterocycles. The number of allylic oxidation sites excluding steroid dienone is 1. The minimum absolute atomic E-state index is 0.0504. The van der Waals surface area contributed by atoms with Crippen LogP contribution >= 0.6 is 0 Å². The number of hydrogen-bond donors (Lipinski definition) is 0. The topological polar surface area (TPSA) is 56.3 Å². The first-order valence-electron chi connectivity index (χ1n) is 5.81. The van der Waals surface area contributed by atoms with Crippen LogP contribution in [0.5, 0.6) is 0 Å². The van der Waals surface area contributed by atoms with Crippen LogP contribution in [0.1, 0.15) is 19.1 Å². The molecule has 98 valence electrons. The molecule has 19 heavy (non-hydrogen) atoms. The Labute approximate surface area is 109 Å². The van der Waals surface area contributed by atoms with E-state index in [1.54, 1.807) is 37.3 Å². The van der Waals surface area contributed by atoms with Crippen LogP contribution in [0.25, 0.3) is 17.4 Å². The highest BCUT2D eigenvalue weighted by molar-refractivity contribution is 5.60. The molecule has 0 amide bonds. The zero-order chi connectivity index (χ0) is 13.8. The molecule has 0 spiro atoms. The summed E-state index contributed by atoms with van der Waals surface area (Å²) < 4.78 is 19.0. The minimum Gasteiger partial charge on any atom is -0.456 e. The first-order valence-corrected chi connectivity index (χ1v) is 5.81. The van der Waals surface area contributed by atoms with E-state index >= 15 is 0 Å². The molecule has 5 heteroatoms. The van der Waals surface area contributed by atoms with E-state index < -0.39 is 10.7 Å². The number of nitro groups is 1. The van der Waals surface area contributed by atoms with Gasteiger partial charge in [-0.2, -0.15) is 0 Å². The third-order valence-corrected chi connectivity index (χ3v) is 2.67. The Kier molecular flexibility index (Phi) is 3.75. The third kappa shape index (κ3) is 2.88. The number of halogens is 1. The van der Waals surface area contributed by atoms with Crippen molar-refractivity contribution < 1.29 is 13.7 Å². The van der Waals surface area contributed by atoms with Crippen LogP contribution in [0.2, 0.25) is 0 Å². The van der Waals surface area contributed by atoms with Crippen LogP contribution in [0.3, 0.4) is 0 Å². The van der Waals surface area contributed by atoms with E-state index in [-0.39, 0.29) is 5.70 Å². The molecule has 1 aromatic carbocycles. The highest BCUT2D eigenvalue weighted by atomic mass is 19.1. The Morgan fingerprint density at radius 2 is 2.11 bits per heavy atom. The maximum absolute atomic E-state index is 13.6. The molecule has 0 radical (unpaired) electrons. The summed E-state index contributed by atoms with van der Waals surface area (Å²) in [6.45, 7) is 1.69. The summed E-state index contributed by atoms with van der Waals surface area (Å²) in [7, 11) is 0. The van der Waals surface area contributed by atoms with Crippen molar-refractivity contribution in [1.82, 2.24) is 0 Å². The number of nitrogens with zero attached hydrogens (tertiary/aromatic N) is 1. The second-order valence-electron chi connectivity index (χ2n) is 3.93. The lowest BCUT2D eigenvalue weighted by molar-refractivity contribution is -0.425. The fourth-order valence-electron chi connectivity index (χ4n) is 1.68. The second kappa shape index (κ2) is 5.48. The monoisotopic (exact) mass is 261 g/mol. The van der Waals surface area contributed by atoms with Crippen molar-refractivity contribution in [1.29, 1.82) is 0 Å². The van der Waals surface area contributed by atoms with Crippen molar-refractivity contribution in [3.8, 4) is 11.3 Å². The van der Waals surface area contributed by atoms with Crippen molar-refractivity contribution in [2.45, 2.75) is 13.3 Å². The van der Waals surface area contributed by atoms with E-state index in [0.29, 0.717) is 23.5 Å². The predicted octanol–water partition coefficient (Wildman–Crippen LogP) is 4.11. The van der Waals surface area contributed by atoms with Gasteiger partial charge in [0.25, 0.3) is 0 Å². The zero-order valence-electron chi connectivity index (χ0n) is 10.3. The molecule has 0 unspecified atom stereocenters. The van der Waals surface area contributed by atoms with E-state index in [2.05, 4.69) is 0 Å². The summed E-state index contributed by atoms with van der Waals surface area (Å²) in [4.78, 5) is 10.2. The molecule has 0 saturated heterocycles. The number of benzene rings is 1. The number of rotatable bonds is 4. The molecular weight excluding hydrogens is 249 g/mol. The maximum Gasteiger partial charge on any atom is 0.249 e. The molecule has 0 fully saturated rings. The SMILES string of the molecule is CC/C(=C\c1ccc(-c2ccccc2F)o1)[N+](=O)[O-]. The van der Waals surface area contributed by atoms with Crippen LogP contribution in [0.15, 0.2) is 46.5 Å². The highest BCUT2D eigenvalue weighted by Crippen LogP contribution is 2.25. The van der Waals surface area contributed by atoms with Crippen LogP contribution in [-0.2, 0) is 0 Å². The van der Waals surface area contributed by atoms with E-state index in [0.717, 1.165) is 0 Å². The molecule has 2 aromatic rings. The molecule has 0 bridgehead atoms. The quantitative estimate of drug-likeness (QED) is 0.614. The lowest BCUT2D eigenvalue weighted by Crippen LogP contribution is -1.96.